The van der Waals surface area contributed by atoms with Crippen LogP contribution in [0.2, 0.25) is 10.0 Å². The summed E-state index contributed by atoms with van der Waals surface area (Å²) in [5, 5.41) is 0.848. The number of rotatable bonds is 3. The lowest BCUT2D eigenvalue weighted by molar-refractivity contribution is -0.0893. The summed E-state index contributed by atoms with van der Waals surface area (Å²) in [6.45, 7) is 0.689. The van der Waals surface area contributed by atoms with E-state index in [9.17, 15) is 4.79 Å². The summed E-state index contributed by atoms with van der Waals surface area (Å²) in [5.41, 5.74) is 0.312. The molecule has 0 unspecified atom stereocenters. The van der Waals surface area contributed by atoms with Gasteiger partial charge in [0.05, 0.1) is 27.8 Å². The lowest BCUT2D eigenvalue weighted by atomic mass is 9.79. The van der Waals surface area contributed by atoms with Crippen molar-refractivity contribution in [1.29, 1.82) is 0 Å². The Labute approximate surface area is 146 Å². The highest BCUT2D eigenvalue weighted by Crippen LogP contribution is 2.43. The van der Waals surface area contributed by atoms with Gasteiger partial charge >= 0.3 is 0 Å². The van der Waals surface area contributed by atoms with Crippen molar-refractivity contribution in [1.82, 2.24) is 4.90 Å². The number of ether oxygens (including phenoxy) is 2. The molecule has 0 spiro atoms. The Balaban J connectivity index is 1.86. The molecular weight excluding hydrogens is 337 g/mol. The van der Waals surface area contributed by atoms with Crippen molar-refractivity contribution in [3.05, 3.63) is 33.8 Å². The molecule has 1 aliphatic carbocycles. The minimum Gasteiger partial charge on any atom is -0.381 e. The highest BCUT2D eigenvalue weighted by Gasteiger charge is 2.52. The highest BCUT2D eigenvalue weighted by atomic mass is 35.5. The third-order valence-electron chi connectivity index (χ3n) is 5.30. The van der Waals surface area contributed by atoms with Crippen LogP contribution in [0.25, 0.3) is 0 Å². The van der Waals surface area contributed by atoms with Crippen LogP contribution in [0.1, 0.15) is 36.0 Å². The number of fused-ring (bicyclic) bond motifs is 1. The minimum absolute atomic E-state index is 0.0238. The molecule has 1 saturated carbocycles. The Morgan fingerprint density at radius 2 is 2.04 bits per heavy atom. The van der Waals surface area contributed by atoms with Gasteiger partial charge in [0.15, 0.2) is 0 Å². The molecule has 1 amide bonds. The predicted molar refractivity (Wildman–Crippen MR) is 90.3 cm³/mol. The van der Waals surface area contributed by atoms with Gasteiger partial charge in [-0.05, 0) is 43.9 Å². The SMILES string of the molecule is CO[C@@H]1CC[C@@]2(OC)CCN(C(=O)c3ccc(Cl)c(Cl)c3)[C@H]2C1. The number of nitrogens with zero attached hydrogens (tertiary/aromatic N) is 1. The second kappa shape index (κ2) is 6.60. The maximum Gasteiger partial charge on any atom is 0.254 e. The lowest BCUT2D eigenvalue weighted by Gasteiger charge is -2.43. The van der Waals surface area contributed by atoms with Gasteiger partial charge in [-0.2, -0.15) is 0 Å². The first-order valence-electron chi connectivity index (χ1n) is 7.85. The van der Waals surface area contributed by atoms with Crippen molar-refractivity contribution in [2.24, 2.45) is 0 Å². The molecule has 126 valence electrons. The summed E-state index contributed by atoms with van der Waals surface area (Å²) in [4.78, 5) is 14.9. The van der Waals surface area contributed by atoms with Gasteiger partial charge in [-0.25, -0.2) is 0 Å². The average molecular weight is 358 g/mol. The van der Waals surface area contributed by atoms with E-state index in [0.29, 0.717) is 22.2 Å². The second-order valence-corrected chi connectivity index (χ2v) is 7.11. The summed E-state index contributed by atoms with van der Waals surface area (Å²) in [5.74, 6) is -0.0238. The van der Waals surface area contributed by atoms with Crippen molar-refractivity contribution >= 4 is 29.1 Å². The third kappa shape index (κ3) is 2.98. The number of benzene rings is 1. The number of hydrogen-bond acceptors (Lipinski definition) is 3. The maximum atomic E-state index is 12.9. The van der Waals surface area contributed by atoms with Gasteiger partial charge in [0, 0.05) is 26.3 Å². The van der Waals surface area contributed by atoms with Gasteiger partial charge in [-0.3, -0.25) is 4.79 Å². The first-order chi connectivity index (χ1) is 11.0. The van der Waals surface area contributed by atoms with Gasteiger partial charge < -0.3 is 14.4 Å². The van der Waals surface area contributed by atoms with E-state index in [-0.39, 0.29) is 23.7 Å². The van der Waals surface area contributed by atoms with Gasteiger partial charge in [0.2, 0.25) is 0 Å². The molecule has 2 fully saturated rings. The van der Waals surface area contributed by atoms with Crippen molar-refractivity contribution in [3.8, 4) is 0 Å². The molecule has 6 heteroatoms. The zero-order valence-electron chi connectivity index (χ0n) is 13.4. The zero-order valence-corrected chi connectivity index (χ0v) is 14.9. The number of amides is 1. The molecule has 0 bridgehead atoms. The third-order valence-corrected chi connectivity index (χ3v) is 6.04. The normalized spacial score (nSPS) is 30.3. The Morgan fingerprint density at radius 3 is 2.70 bits per heavy atom. The summed E-state index contributed by atoms with van der Waals surface area (Å²) in [6.07, 6.45) is 3.72. The van der Waals surface area contributed by atoms with Crippen LogP contribution in [0.15, 0.2) is 18.2 Å². The Morgan fingerprint density at radius 1 is 1.26 bits per heavy atom. The standard InChI is InChI=1S/C17H21Cl2NO3/c1-22-12-5-6-17(23-2)7-8-20(15(17)10-12)16(21)11-3-4-13(18)14(19)9-11/h3-4,9,12,15H,5-8,10H2,1-2H3/t12-,15+,17-/m1/s1. The fourth-order valence-electron chi connectivity index (χ4n) is 3.91. The molecule has 0 radical (unpaired) electrons. The first kappa shape index (κ1) is 17.0. The molecule has 0 aromatic heterocycles. The Bertz CT molecular complexity index is 610. The van der Waals surface area contributed by atoms with Gasteiger partial charge in [0.25, 0.3) is 5.91 Å². The van der Waals surface area contributed by atoms with E-state index in [0.717, 1.165) is 25.7 Å². The van der Waals surface area contributed by atoms with E-state index in [2.05, 4.69) is 0 Å². The largest absolute Gasteiger partial charge is 0.381 e. The van der Waals surface area contributed by atoms with E-state index in [1.165, 1.54) is 0 Å². The van der Waals surface area contributed by atoms with Crippen LogP contribution >= 0.6 is 23.2 Å². The molecule has 1 heterocycles. The van der Waals surface area contributed by atoms with E-state index in [4.69, 9.17) is 32.7 Å². The van der Waals surface area contributed by atoms with Crippen LogP contribution in [0.4, 0.5) is 0 Å². The fraction of sp³-hybridized carbons (Fsp3) is 0.588. The van der Waals surface area contributed by atoms with Crippen LogP contribution in [-0.4, -0.2) is 49.3 Å². The number of methoxy groups -OCH3 is 2. The zero-order chi connectivity index (χ0) is 16.6. The quantitative estimate of drug-likeness (QED) is 0.825. The van der Waals surface area contributed by atoms with E-state index < -0.39 is 0 Å². The molecule has 23 heavy (non-hydrogen) atoms. The number of hydrogen-bond donors (Lipinski definition) is 0. The minimum atomic E-state index is -0.249. The number of carbonyl (C=O) groups is 1. The topological polar surface area (TPSA) is 38.8 Å². The molecule has 2 aliphatic rings. The molecule has 1 aromatic carbocycles. The van der Waals surface area contributed by atoms with E-state index >= 15 is 0 Å². The van der Waals surface area contributed by atoms with Gasteiger partial charge in [-0.15, -0.1) is 0 Å². The van der Waals surface area contributed by atoms with Crippen LogP contribution in [0, 0.1) is 0 Å². The van der Waals surface area contributed by atoms with Gasteiger partial charge in [-0.1, -0.05) is 23.2 Å². The molecular formula is C17H21Cl2NO3. The van der Waals surface area contributed by atoms with E-state index in [1.54, 1.807) is 32.4 Å². The van der Waals surface area contributed by atoms with Crippen LogP contribution in [-0.2, 0) is 9.47 Å². The molecule has 0 N–H and O–H groups in total. The van der Waals surface area contributed by atoms with Crippen molar-refractivity contribution in [2.75, 3.05) is 20.8 Å². The molecule has 1 aliphatic heterocycles. The molecule has 3 rings (SSSR count). The smallest absolute Gasteiger partial charge is 0.254 e. The van der Waals surface area contributed by atoms with Crippen molar-refractivity contribution in [3.63, 3.8) is 0 Å². The second-order valence-electron chi connectivity index (χ2n) is 6.29. The number of halogens is 2. The summed E-state index contributed by atoms with van der Waals surface area (Å²) < 4.78 is 11.4. The number of likely N-dealkylation sites (tertiary alicyclic amines) is 1. The van der Waals surface area contributed by atoms with Crippen molar-refractivity contribution < 1.29 is 14.3 Å². The number of carbonyl (C=O) groups excluding carboxylic acids is 1. The Kier molecular flexibility index (Phi) is 4.88. The highest BCUT2D eigenvalue weighted by molar-refractivity contribution is 6.42. The van der Waals surface area contributed by atoms with Crippen molar-refractivity contribution in [2.45, 2.75) is 43.4 Å². The monoisotopic (exact) mass is 357 g/mol. The predicted octanol–water partition coefficient (Wildman–Crippen LogP) is 3.79. The van der Waals surface area contributed by atoms with Crippen LogP contribution < -0.4 is 0 Å². The molecule has 1 aromatic rings. The molecule has 4 nitrogen and oxygen atoms in total. The average Bonchev–Trinajstić information content (AvgIpc) is 2.95. The summed E-state index contributed by atoms with van der Waals surface area (Å²) in [7, 11) is 3.47. The summed E-state index contributed by atoms with van der Waals surface area (Å²) >= 11 is 12.0. The molecule has 1 saturated heterocycles. The van der Waals surface area contributed by atoms with Crippen LogP contribution in [0.5, 0.6) is 0 Å². The van der Waals surface area contributed by atoms with Gasteiger partial charge in [0.1, 0.15) is 0 Å². The lowest BCUT2D eigenvalue weighted by Crippen LogP contribution is -2.53. The molecule has 3 atom stereocenters. The fourth-order valence-corrected chi connectivity index (χ4v) is 4.21. The van der Waals surface area contributed by atoms with E-state index in [1.807, 2.05) is 4.90 Å². The first-order valence-corrected chi connectivity index (χ1v) is 8.60. The summed E-state index contributed by atoms with van der Waals surface area (Å²) in [6, 6.07) is 5.05. The Hall–Kier alpha value is -0.810. The van der Waals surface area contributed by atoms with Crippen LogP contribution in [0.3, 0.4) is 0 Å². The maximum absolute atomic E-state index is 12.9.